The van der Waals surface area contributed by atoms with Gasteiger partial charge in [-0.05, 0) is 87.7 Å². The van der Waals surface area contributed by atoms with E-state index in [2.05, 4.69) is 46.5 Å². The summed E-state index contributed by atoms with van der Waals surface area (Å²) in [5, 5.41) is 3.70. The van der Waals surface area contributed by atoms with Crippen LogP contribution in [-0.2, 0) is 17.7 Å². The van der Waals surface area contributed by atoms with Crippen LogP contribution < -0.4 is 5.32 Å². The van der Waals surface area contributed by atoms with Crippen LogP contribution in [0.3, 0.4) is 0 Å². The van der Waals surface area contributed by atoms with Gasteiger partial charge in [-0.1, -0.05) is 24.3 Å². The monoisotopic (exact) mass is 532 g/mol. The Bertz CT molecular complexity index is 1410. The van der Waals surface area contributed by atoms with Crippen molar-refractivity contribution in [3.05, 3.63) is 58.9 Å². The van der Waals surface area contributed by atoms with E-state index in [1.165, 1.54) is 17.7 Å². The molecule has 2 amide bonds. The van der Waals surface area contributed by atoms with E-state index >= 15 is 0 Å². The maximum Gasteiger partial charge on any atom is 0.410 e. The number of hydrogen-bond donors (Lipinski definition) is 2. The van der Waals surface area contributed by atoms with Crippen LogP contribution in [-0.4, -0.2) is 65.1 Å². The summed E-state index contributed by atoms with van der Waals surface area (Å²) in [7, 11) is 2.19. The van der Waals surface area contributed by atoms with Gasteiger partial charge in [-0.15, -0.1) is 0 Å². The normalized spacial score (nSPS) is 22.8. The minimum absolute atomic E-state index is 0.189. The molecule has 206 valence electrons. The molecule has 2 aliphatic heterocycles. The molecule has 6 rings (SSSR count). The highest BCUT2D eigenvalue weighted by molar-refractivity contribution is 6.10. The molecule has 1 aromatic heterocycles. The minimum atomic E-state index is -0.463. The lowest BCUT2D eigenvalue weighted by Gasteiger charge is -2.28. The molecule has 2 N–H and O–H groups in total. The summed E-state index contributed by atoms with van der Waals surface area (Å²) in [6, 6.07) is 11.8. The fraction of sp³-hybridized carbons (Fsp3) is 0.484. The highest BCUT2D eigenvalue weighted by Crippen LogP contribution is 2.41. The lowest BCUT2D eigenvalue weighted by molar-refractivity contribution is 0.0275. The SMILES string of the molecule is CN(Cc1ccc(-c2[nH]c3cc(F)cc4c3c2CCNC4=O)cc1)C1C[C@@H]2CN(C(=O)OC(C)(C)C)C[C@@H]2C1. The van der Waals surface area contributed by atoms with Gasteiger partial charge in [0.2, 0.25) is 0 Å². The first-order chi connectivity index (χ1) is 18.6. The molecule has 0 spiro atoms. The molecule has 1 aliphatic carbocycles. The molecule has 7 nitrogen and oxygen atoms in total. The van der Waals surface area contributed by atoms with Crippen LogP contribution in [0.2, 0.25) is 0 Å². The molecule has 39 heavy (non-hydrogen) atoms. The van der Waals surface area contributed by atoms with E-state index in [9.17, 15) is 14.0 Å². The third kappa shape index (κ3) is 5.02. The van der Waals surface area contributed by atoms with Gasteiger partial charge in [0, 0.05) is 48.8 Å². The van der Waals surface area contributed by atoms with Crippen molar-refractivity contribution in [1.82, 2.24) is 20.1 Å². The average molecular weight is 533 g/mol. The molecule has 2 aromatic carbocycles. The number of carbonyl (C=O) groups excluding carboxylic acids is 2. The summed E-state index contributed by atoms with van der Waals surface area (Å²) < 4.78 is 19.8. The smallest absolute Gasteiger partial charge is 0.410 e. The second kappa shape index (κ2) is 9.66. The first kappa shape index (κ1) is 25.9. The van der Waals surface area contributed by atoms with Gasteiger partial charge in [-0.3, -0.25) is 9.69 Å². The predicted octanol–water partition coefficient (Wildman–Crippen LogP) is 5.34. The van der Waals surface area contributed by atoms with Crippen molar-refractivity contribution in [3.8, 4) is 11.3 Å². The number of likely N-dealkylation sites (tertiary alicyclic amines) is 1. The number of rotatable bonds is 4. The minimum Gasteiger partial charge on any atom is -0.444 e. The van der Waals surface area contributed by atoms with Crippen LogP contribution in [0.25, 0.3) is 22.2 Å². The molecular formula is C31H37FN4O3. The van der Waals surface area contributed by atoms with Crippen molar-refractivity contribution in [2.75, 3.05) is 26.7 Å². The van der Waals surface area contributed by atoms with Crippen LogP contribution in [0.15, 0.2) is 36.4 Å². The average Bonchev–Trinajstić information content (AvgIpc) is 3.52. The number of halogens is 1. The molecule has 0 bridgehead atoms. The van der Waals surface area contributed by atoms with Crippen LogP contribution in [0.1, 0.15) is 55.1 Å². The zero-order valence-electron chi connectivity index (χ0n) is 23.1. The van der Waals surface area contributed by atoms with Crippen molar-refractivity contribution in [2.45, 2.75) is 58.2 Å². The molecule has 1 saturated heterocycles. The lowest BCUT2D eigenvalue weighted by atomic mass is 9.99. The predicted molar refractivity (Wildman–Crippen MR) is 149 cm³/mol. The van der Waals surface area contributed by atoms with Gasteiger partial charge in [0.05, 0.1) is 5.56 Å². The number of aromatic nitrogens is 1. The number of benzene rings is 2. The Morgan fingerprint density at radius 2 is 1.82 bits per heavy atom. The number of nitrogens with one attached hydrogen (secondary N) is 2. The Labute approximate surface area is 228 Å². The van der Waals surface area contributed by atoms with E-state index in [-0.39, 0.29) is 12.0 Å². The maximum atomic E-state index is 14.2. The first-order valence-corrected chi connectivity index (χ1v) is 14.0. The van der Waals surface area contributed by atoms with Gasteiger partial charge < -0.3 is 19.9 Å². The molecule has 3 heterocycles. The van der Waals surface area contributed by atoms with Crippen molar-refractivity contribution in [1.29, 1.82) is 0 Å². The summed E-state index contributed by atoms with van der Waals surface area (Å²) in [4.78, 5) is 32.7. The molecule has 8 heteroatoms. The Kier molecular flexibility index (Phi) is 6.41. The van der Waals surface area contributed by atoms with E-state index in [4.69, 9.17) is 4.74 Å². The van der Waals surface area contributed by atoms with Gasteiger partial charge in [-0.2, -0.15) is 0 Å². The van der Waals surface area contributed by atoms with Gasteiger partial charge in [0.1, 0.15) is 11.4 Å². The third-order valence-corrected chi connectivity index (χ3v) is 8.55. The Morgan fingerprint density at radius 3 is 2.49 bits per heavy atom. The van der Waals surface area contributed by atoms with Gasteiger partial charge >= 0.3 is 6.09 Å². The van der Waals surface area contributed by atoms with Crippen molar-refractivity contribution >= 4 is 22.9 Å². The molecule has 3 aliphatic rings. The second-order valence-electron chi connectivity index (χ2n) is 12.5. The van der Waals surface area contributed by atoms with E-state index in [1.807, 2.05) is 25.7 Å². The third-order valence-electron chi connectivity index (χ3n) is 8.55. The van der Waals surface area contributed by atoms with E-state index in [0.717, 1.165) is 54.7 Å². The number of ether oxygens (including phenoxy) is 1. The number of amides is 2. The molecule has 1 saturated carbocycles. The number of H-pyrrole nitrogens is 1. The zero-order valence-corrected chi connectivity index (χ0v) is 23.1. The topological polar surface area (TPSA) is 77.7 Å². The molecule has 1 unspecified atom stereocenters. The summed E-state index contributed by atoms with van der Waals surface area (Å²) >= 11 is 0. The van der Waals surface area contributed by atoms with Gasteiger partial charge in [-0.25, -0.2) is 9.18 Å². The van der Waals surface area contributed by atoms with Crippen molar-refractivity contribution < 1.29 is 18.7 Å². The maximum absolute atomic E-state index is 14.2. The number of fused-ring (bicyclic) bond motifs is 1. The van der Waals surface area contributed by atoms with Crippen molar-refractivity contribution in [3.63, 3.8) is 0 Å². The standard InChI is InChI=1S/C31H37FN4O3/c1-31(2,3)39-30(38)36-16-20-11-23(12-21(20)17-36)35(4)15-18-5-7-19(8-6-18)28-24-9-10-33-29(37)25-13-22(32)14-26(34-28)27(24)25/h5-8,13-14,20-21,23,34H,9-12,15-17H2,1-4H3,(H,33,37)/t20-,21+,23?. The fourth-order valence-corrected chi connectivity index (χ4v) is 6.73. The molecule has 3 atom stereocenters. The first-order valence-electron chi connectivity index (χ1n) is 14.0. The summed E-state index contributed by atoms with van der Waals surface area (Å²) in [6.07, 6.45) is 2.70. The van der Waals surface area contributed by atoms with Crippen LogP contribution in [0, 0.1) is 17.7 Å². The van der Waals surface area contributed by atoms with E-state index < -0.39 is 11.4 Å². The number of aromatic amines is 1. The van der Waals surface area contributed by atoms with Crippen LogP contribution >= 0.6 is 0 Å². The fourth-order valence-electron chi connectivity index (χ4n) is 6.73. The van der Waals surface area contributed by atoms with Gasteiger partial charge in [0.15, 0.2) is 0 Å². The summed E-state index contributed by atoms with van der Waals surface area (Å²) in [5.74, 6) is 0.426. The Balaban J connectivity index is 1.12. The van der Waals surface area contributed by atoms with E-state index in [1.54, 1.807) is 0 Å². The van der Waals surface area contributed by atoms with Crippen molar-refractivity contribution in [2.24, 2.45) is 11.8 Å². The summed E-state index contributed by atoms with van der Waals surface area (Å²) in [5.41, 5.74) is 4.87. The Morgan fingerprint density at radius 1 is 1.13 bits per heavy atom. The van der Waals surface area contributed by atoms with Gasteiger partial charge in [0.25, 0.3) is 5.91 Å². The number of nitrogens with zero attached hydrogens (tertiary/aromatic N) is 2. The lowest BCUT2D eigenvalue weighted by Crippen LogP contribution is -2.37. The van der Waals surface area contributed by atoms with E-state index in [0.29, 0.717) is 41.9 Å². The Hall–Kier alpha value is -3.39. The number of hydrogen-bond acceptors (Lipinski definition) is 4. The second-order valence-corrected chi connectivity index (χ2v) is 12.5. The largest absolute Gasteiger partial charge is 0.444 e. The highest BCUT2D eigenvalue weighted by atomic mass is 19.1. The number of carbonyl (C=O) groups is 2. The van der Waals surface area contributed by atoms with Crippen LogP contribution in [0.4, 0.5) is 9.18 Å². The molecule has 3 aromatic rings. The quantitative estimate of drug-likeness (QED) is 0.476. The molecular weight excluding hydrogens is 495 g/mol. The summed E-state index contributed by atoms with van der Waals surface area (Å²) in [6.45, 7) is 8.69. The van der Waals surface area contributed by atoms with Crippen LogP contribution in [0.5, 0.6) is 0 Å². The molecule has 2 fully saturated rings. The molecule has 0 radical (unpaired) electrons. The zero-order chi connectivity index (χ0) is 27.5. The highest BCUT2D eigenvalue weighted by Gasteiger charge is 2.44.